The van der Waals surface area contributed by atoms with Gasteiger partial charge in [-0.05, 0) is 20.8 Å². The van der Waals surface area contributed by atoms with Crippen molar-refractivity contribution in [2.24, 2.45) is 0 Å². The van der Waals surface area contributed by atoms with Gasteiger partial charge in [0.1, 0.15) is 5.60 Å². The van der Waals surface area contributed by atoms with Gasteiger partial charge in [0.15, 0.2) is 11.0 Å². The second-order valence-corrected chi connectivity index (χ2v) is 9.68. The standard InChI is InChI=1S/C17H30N4O3S/c1-11(10-12(22)24-17(5,6)7)25-14-18-13(16(2,3)4)19-21(14)15(23)20(8)9/h11H,10H2,1-9H3. The molecule has 1 heterocycles. The quantitative estimate of drug-likeness (QED) is 0.598. The molecule has 1 aromatic rings. The summed E-state index contributed by atoms with van der Waals surface area (Å²) in [6, 6.07) is -0.269. The monoisotopic (exact) mass is 370 g/mol. The topological polar surface area (TPSA) is 77.3 Å². The van der Waals surface area contributed by atoms with Crippen LogP contribution in [0.2, 0.25) is 0 Å². The van der Waals surface area contributed by atoms with Gasteiger partial charge >= 0.3 is 12.0 Å². The SMILES string of the molecule is CC(CC(=O)OC(C)(C)C)Sc1nc(C(C)(C)C)nn1C(=O)N(C)C. The molecule has 25 heavy (non-hydrogen) atoms. The first-order valence-corrected chi connectivity index (χ1v) is 9.16. The number of ether oxygens (including phenoxy) is 1. The zero-order chi connectivity index (χ0) is 19.6. The van der Waals surface area contributed by atoms with Gasteiger partial charge in [0.05, 0.1) is 6.42 Å². The van der Waals surface area contributed by atoms with Crippen LogP contribution in [0, 0.1) is 0 Å². The molecule has 0 spiro atoms. The lowest BCUT2D eigenvalue weighted by Crippen LogP contribution is -2.29. The lowest BCUT2D eigenvalue weighted by molar-refractivity contribution is -0.154. The number of rotatable bonds is 4. The minimum absolute atomic E-state index is 0.0967. The summed E-state index contributed by atoms with van der Waals surface area (Å²) in [6.45, 7) is 13.4. The number of aromatic nitrogens is 3. The zero-order valence-corrected chi connectivity index (χ0v) is 17.5. The number of esters is 1. The van der Waals surface area contributed by atoms with Crippen molar-refractivity contribution in [3.05, 3.63) is 5.82 Å². The van der Waals surface area contributed by atoms with Crippen LogP contribution in [0.5, 0.6) is 0 Å². The Bertz CT molecular complexity index is 627. The Morgan fingerprint density at radius 2 is 1.76 bits per heavy atom. The predicted octanol–water partition coefficient (Wildman–Crippen LogP) is 3.32. The summed E-state index contributed by atoms with van der Waals surface area (Å²) < 4.78 is 6.65. The second kappa shape index (κ2) is 7.76. The molecule has 7 nitrogen and oxygen atoms in total. The van der Waals surface area contributed by atoms with E-state index in [1.807, 2.05) is 48.5 Å². The van der Waals surface area contributed by atoms with Crippen molar-refractivity contribution < 1.29 is 14.3 Å². The summed E-state index contributed by atoms with van der Waals surface area (Å²) in [6.07, 6.45) is 0.232. The minimum atomic E-state index is -0.512. The van der Waals surface area contributed by atoms with E-state index < -0.39 is 5.60 Å². The van der Waals surface area contributed by atoms with Crippen LogP contribution in [0.25, 0.3) is 0 Å². The Labute approximate surface area is 154 Å². The van der Waals surface area contributed by atoms with Crippen molar-refractivity contribution in [1.82, 2.24) is 19.7 Å². The van der Waals surface area contributed by atoms with Crippen LogP contribution in [-0.4, -0.2) is 56.6 Å². The van der Waals surface area contributed by atoms with E-state index in [-0.39, 0.29) is 29.1 Å². The van der Waals surface area contributed by atoms with Crippen LogP contribution < -0.4 is 0 Å². The van der Waals surface area contributed by atoms with Crippen molar-refractivity contribution in [3.8, 4) is 0 Å². The summed E-state index contributed by atoms with van der Waals surface area (Å²) in [4.78, 5) is 30.3. The molecule has 1 aromatic heterocycles. The molecule has 142 valence electrons. The molecule has 1 unspecified atom stereocenters. The van der Waals surface area contributed by atoms with Crippen LogP contribution >= 0.6 is 11.8 Å². The van der Waals surface area contributed by atoms with E-state index in [0.717, 1.165) is 0 Å². The second-order valence-electron chi connectivity index (χ2n) is 8.28. The predicted molar refractivity (Wildman–Crippen MR) is 99.0 cm³/mol. The number of carbonyl (C=O) groups excluding carboxylic acids is 2. The molecule has 0 saturated carbocycles. The highest BCUT2D eigenvalue weighted by atomic mass is 32.2. The summed E-state index contributed by atoms with van der Waals surface area (Å²) in [5.74, 6) is 0.322. The van der Waals surface area contributed by atoms with Gasteiger partial charge in [0.25, 0.3) is 0 Å². The molecule has 1 rings (SSSR count). The van der Waals surface area contributed by atoms with E-state index >= 15 is 0 Å². The van der Waals surface area contributed by atoms with Crippen LogP contribution in [0.4, 0.5) is 4.79 Å². The van der Waals surface area contributed by atoms with Crippen molar-refractivity contribution in [2.75, 3.05) is 14.1 Å². The average Bonchev–Trinajstić information content (AvgIpc) is 2.78. The molecule has 0 aliphatic carbocycles. The van der Waals surface area contributed by atoms with Gasteiger partial charge in [-0.2, -0.15) is 4.68 Å². The molecule has 1 atom stereocenters. The van der Waals surface area contributed by atoms with E-state index in [1.54, 1.807) is 14.1 Å². The zero-order valence-electron chi connectivity index (χ0n) is 16.7. The Morgan fingerprint density at radius 3 is 2.20 bits per heavy atom. The molecule has 0 aromatic carbocycles. The highest BCUT2D eigenvalue weighted by Crippen LogP contribution is 2.28. The van der Waals surface area contributed by atoms with E-state index in [1.165, 1.54) is 21.3 Å². The number of nitrogens with zero attached hydrogens (tertiary/aromatic N) is 4. The molecule has 0 N–H and O–H groups in total. The third-order valence-corrected chi connectivity index (χ3v) is 4.04. The Morgan fingerprint density at radius 1 is 1.20 bits per heavy atom. The molecule has 0 saturated heterocycles. The lowest BCUT2D eigenvalue weighted by atomic mass is 9.96. The maximum atomic E-state index is 12.4. The van der Waals surface area contributed by atoms with Crippen molar-refractivity contribution in [1.29, 1.82) is 0 Å². The Hall–Kier alpha value is -1.57. The van der Waals surface area contributed by atoms with E-state index in [0.29, 0.717) is 11.0 Å². The van der Waals surface area contributed by atoms with Crippen molar-refractivity contribution in [3.63, 3.8) is 0 Å². The fourth-order valence-electron chi connectivity index (χ4n) is 1.85. The molecule has 0 fully saturated rings. The van der Waals surface area contributed by atoms with Gasteiger partial charge in [-0.25, -0.2) is 9.78 Å². The smallest absolute Gasteiger partial charge is 0.346 e. The minimum Gasteiger partial charge on any atom is -0.460 e. The van der Waals surface area contributed by atoms with Crippen LogP contribution in [0.1, 0.15) is 60.7 Å². The Balaban J connectivity index is 2.97. The van der Waals surface area contributed by atoms with E-state index in [2.05, 4.69) is 10.1 Å². The van der Waals surface area contributed by atoms with Gasteiger partial charge in [-0.3, -0.25) is 4.79 Å². The number of carbonyl (C=O) groups is 2. The van der Waals surface area contributed by atoms with Crippen molar-refractivity contribution >= 4 is 23.8 Å². The number of hydrogen-bond acceptors (Lipinski definition) is 6. The van der Waals surface area contributed by atoms with E-state index in [9.17, 15) is 9.59 Å². The highest BCUT2D eigenvalue weighted by molar-refractivity contribution is 7.99. The molecule has 0 radical (unpaired) electrons. The lowest BCUT2D eigenvalue weighted by Gasteiger charge is -2.20. The fourth-order valence-corrected chi connectivity index (χ4v) is 2.78. The first-order valence-electron chi connectivity index (χ1n) is 8.28. The normalized spacial score (nSPS) is 13.5. The summed E-state index contributed by atoms with van der Waals surface area (Å²) >= 11 is 1.35. The van der Waals surface area contributed by atoms with Gasteiger partial charge in [-0.1, -0.05) is 39.5 Å². The largest absolute Gasteiger partial charge is 0.460 e. The van der Waals surface area contributed by atoms with Gasteiger partial charge in [0.2, 0.25) is 0 Å². The van der Waals surface area contributed by atoms with E-state index in [4.69, 9.17) is 4.74 Å². The number of amides is 1. The number of hydrogen-bond donors (Lipinski definition) is 0. The third kappa shape index (κ3) is 6.68. The molecule has 0 bridgehead atoms. The Kier molecular flexibility index (Phi) is 6.67. The van der Waals surface area contributed by atoms with Crippen LogP contribution in [-0.2, 0) is 14.9 Å². The van der Waals surface area contributed by atoms with Crippen molar-refractivity contribution in [2.45, 2.75) is 76.3 Å². The molecule has 0 aliphatic rings. The van der Waals surface area contributed by atoms with Gasteiger partial charge < -0.3 is 9.64 Å². The average molecular weight is 371 g/mol. The number of thioether (sulfide) groups is 1. The maximum Gasteiger partial charge on any atom is 0.346 e. The fraction of sp³-hybridized carbons (Fsp3) is 0.765. The molecule has 8 heteroatoms. The third-order valence-electron chi connectivity index (χ3n) is 2.99. The first-order chi connectivity index (χ1) is 11.2. The van der Waals surface area contributed by atoms with Crippen LogP contribution in [0.3, 0.4) is 0 Å². The molecule has 1 amide bonds. The first kappa shape index (κ1) is 21.5. The maximum absolute atomic E-state index is 12.4. The molecule has 0 aliphatic heterocycles. The van der Waals surface area contributed by atoms with Gasteiger partial charge in [0, 0.05) is 24.8 Å². The summed E-state index contributed by atoms with van der Waals surface area (Å²) in [5, 5.41) is 4.76. The van der Waals surface area contributed by atoms with Crippen LogP contribution in [0.15, 0.2) is 5.16 Å². The summed E-state index contributed by atoms with van der Waals surface area (Å²) in [5.41, 5.74) is -0.788. The summed E-state index contributed by atoms with van der Waals surface area (Å²) in [7, 11) is 3.33. The highest BCUT2D eigenvalue weighted by Gasteiger charge is 2.27. The molecular formula is C17H30N4O3S. The molecular weight excluding hydrogens is 340 g/mol. The van der Waals surface area contributed by atoms with Gasteiger partial charge in [-0.15, -0.1) is 5.10 Å².